The van der Waals surface area contributed by atoms with Crippen molar-refractivity contribution >= 4 is 27.7 Å². The zero-order valence-corrected chi connectivity index (χ0v) is 27.1. The van der Waals surface area contributed by atoms with Crippen LogP contribution in [0.2, 0.25) is 0 Å². The average molecular weight is 719 g/mol. The molecule has 3 aromatic rings. The molecule has 49 heavy (non-hydrogen) atoms. The van der Waals surface area contributed by atoms with E-state index in [-0.39, 0.29) is 43.1 Å². The molecule has 0 bridgehead atoms. The van der Waals surface area contributed by atoms with E-state index in [1.165, 1.54) is 24.3 Å². The first kappa shape index (κ1) is 37.2. The van der Waals surface area contributed by atoms with Gasteiger partial charge in [-0.3, -0.25) is 9.59 Å². The molecule has 0 saturated carbocycles. The van der Waals surface area contributed by atoms with Gasteiger partial charge in [0.1, 0.15) is 17.5 Å². The molecule has 1 atom stereocenters. The molecule has 2 amide bonds. The molecule has 2 N–H and O–H groups in total. The molecule has 1 saturated heterocycles. The number of rotatable bonds is 10. The van der Waals surface area contributed by atoms with E-state index in [0.29, 0.717) is 12.1 Å². The normalized spacial score (nSPS) is 16.2. The third kappa shape index (κ3) is 10.7. The Bertz CT molecular complexity index is 1710. The van der Waals surface area contributed by atoms with Crippen LogP contribution in [0.25, 0.3) is 0 Å². The predicted octanol–water partition coefficient (Wildman–Crippen LogP) is 4.25. The Morgan fingerprint density at radius 2 is 1.39 bits per heavy atom. The highest BCUT2D eigenvalue weighted by Crippen LogP contribution is 2.28. The van der Waals surface area contributed by atoms with Crippen LogP contribution in [0.15, 0.2) is 65.6 Å². The number of amides is 2. The second kappa shape index (κ2) is 14.5. The molecule has 1 aliphatic heterocycles. The van der Waals surface area contributed by atoms with Gasteiger partial charge in [-0.2, -0.15) is 4.31 Å². The Morgan fingerprint density at radius 3 is 1.90 bits per heavy atom. The van der Waals surface area contributed by atoms with Crippen molar-refractivity contribution < 1.29 is 53.8 Å². The van der Waals surface area contributed by atoms with Crippen LogP contribution in [0.3, 0.4) is 0 Å². The fourth-order valence-corrected chi connectivity index (χ4v) is 6.16. The molecule has 266 valence electrons. The number of halogens is 6. The molecule has 0 radical (unpaired) electrons. The van der Waals surface area contributed by atoms with Crippen LogP contribution in [0.4, 0.5) is 32.2 Å². The molecule has 1 aromatic heterocycles. The summed E-state index contributed by atoms with van der Waals surface area (Å²) in [5, 5.41) is 13.4. The fraction of sp³-hybridized carbons (Fsp3) is 0.400. The lowest BCUT2D eigenvalue weighted by atomic mass is 9.97. The Balaban J connectivity index is 1.54. The van der Waals surface area contributed by atoms with Gasteiger partial charge in [0.25, 0.3) is 5.91 Å². The Hall–Kier alpha value is -4.65. The number of hydrogen-bond acceptors (Lipinski definition) is 9. The Morgan fingerprint density at radius 1 is 0.816 bits per heavy atom. The van der Waals surface area contributed by atoms with Gasteiger partial charge < -0.3 is 25.0 Å². The van der Waals surface area contributed by atoms with Gasteiger partial charge in [0.05, 0.1) is 4.90 Å². The minimum atomic E-state index is -5.00. The topological polar surface area (TPSA) is 143 Å². The predicted molar refractivity (Wildman–Crippen MR) is 162 cm³/mol. The molecule has 1 aliphatic rings. The van der Waals surface area contributed by atoms with Gasteiger partial charge in [0, 0.05) is 32.7 Å². The van der Waals surface area contributed by atoms with Gasteiger partial charge in [0.15, 0.2) is 11.5 Å². The lowest BCUT2D eigenvalue weighted by Gasteiger charge is -2.40. The lowest BCUT2D eigenvalue weighted by molar-refractivity contribution is -0.275. The maximum absolute atomic E-state index is 13.7. The van der Waals surface area contributed by atoms with Crippen molar-refractivity contribution in [1.82, 2.24) is 25.1 Å². The maximum Gasteiger partial charge on any atom is 0.573 e. The number of alkyl halides is 6. The van der Waals surface area contributed by atoms with E-state index in [9.17, 15) is 44.3 Å². The van der Waals surface area contributed by atoms with E-state index in [1.54, 1.807) is 4.90 Å². The first-order valence-corrected chi connectivity index (χ1v) is 16.0. The van der Waals surface area contributed by atoms with Crippen LogP contribution in [-0.4, -0.2) is 79.7 Å². The summed E-state index contributed by atoms with van der Waals surface area (Å²) in [5.74, 6) is -2.13. The van der Waals surface area contributed by atoms with Crippen molar-refractivity contribution in [2.75, 3.05) is 31.1 Å². The quantitative estimate of drug-likeness (QED) is 0.295. The zero-order chi connectivity index (χ0) is 36.2. The number of aromatic nitrogens is 2. The number of ether oxygens (including phenoxy) is 2. The monoisotopic (exact) mass is 718 g/mol. The van der Waals surface area contributed by atoms with Crippen LogP contribution in [0, 0.1) is 5.41 Å². The van der Waals surface area contributed by atoms with E-state index >= 15 is 0 Å². The number of anilines is 1. The minimum Gasteiger partial charge on any atom is -0.406 e. The van der Waals surface area contributed by atoms with Crippen LogP contribution >= 0.6 is 0 Å². The van der Waals surface area contributed by atoms with E-state index in [0.717, 1.165) is 40.7 Å². The lowest BCUT2D eigenvalue weighted by Crippen LogP contribution is -2.60. The summed E-state index contributed by atoms with van der Waals surface area (Å²) in [6.07, 6.45) is -9.89. The molecule has 12 nitrogen and oxygen atoms in total. The molecule has 2 heterocycles. The standard InChI is InChI=1S/C30H32F6N6O6S/c1-28(2,3)18-38-26(43)23-12-13-25(40-39-23)41-14-15-42(49(45,46)22-10-8-21(9-11-22)48-30(34,35)36)24(17-41)27(44)37-16-19-4-6-20(7-5-19)47-29(31,32)33/h4-13,24H,14-18H2,1-3H3,(H,37,44)(H,38,43). The van der Waals surface area contributed by atoms with Crippen molar-refractivity contribution in [2.45, 2.75) is 51.0 Å². The van der Waals surface area contributed by atoms with Crippen molar-refractivity contribution in [3.8, 4) is 11.5 Å². The summed E-state index contributed by atoms with van der Waals surface area (Å²) in [5.41, 5.74) is 0.229. The van der Waals surface area contributed by atoms with E-state index in [2.05, 4.69) is 30.3 Å². The van der Waals surface area contributed by atoms with Crippen LogP contribution in [-0.2, 0) is 21.4 Å². The molecule has 2 aromatic carbocycles. The number of hydrogen-bond donors (Lipinski definition) is 2. The van der Waals surface area contributed by atoms with Gasteiger partial charge in [-0.05, 0) is 59.5 Å². The highest BCUT2D eigenvalue weighted by atomic mass is 32.2. The first-order valence-electron chi connectivity index (χ1n) is 14.6. The van der Waals surface area contributed by atoms with Gasteiger partial charge in [-0.1, -0.05) is 32.9 Å². The SMILES string of the molecule is CC(C)(C)CNC(=O)c1ccc(N2CCN(S(=O)(=O)c3ccc(OC(F)(F)F)cc3)C(C(=O)NCc3ccc(OC(F)(F)F)cc3)C2)nn1. The number of benzene rings is 2. The molecular weight excluding hydrogens is 686 g/mol. The maximum atomic E-state index is 13.7. The zero-order valence-electron chi connectivity index (χ0n) is 26.3. The van der Waals surface area contributed by atoms with Crippen molar-refractivity contribution in [3.63, 3.8) is 0 Å². The van der Waals surface area contributed by atoms with Gasteiger partial charge in [0.2, 0.25) is 15.9 Å². The highest BCUT2D eigenvalue weighted by Gasteiger charge is 2.41. The van der Waals surface area contributed by atoms with E-state index in [4.69, 9.17) is 0 Å². The average Bonchev–Trinajstić information content (AvgIpc) is 3.01. The van der Waals surface area contributed by atoms with Crippen LogP contribution in [0.1, 0.15) is 36.8 Å². The second-order valence-electron chi connectivity index (χ2n) is 12.0. The van der Waals surface area contributed by atoms with Crippen molar-refractivity contribution in [2.24, 2.45) is 5.41 Å². The molecule has 0 aliphatic carbocycles. The van der Waals surface area contributed by atoms with Gasteiger partial charge >= 0.3 is 12.7 Å². The summed E-state index contributed by atoms with van der Waals surface area (Å²) in [4.78, 5) is 27.2. The molecule has 19 heteroatoms. The summed E-state index contributed by atoms with van der Waals surface area (Å²) < 4.78 is 111. The summed E-state index contributed by atoms with van der Waals surface area (Å²) in [6, 6.07) is 9.64. The van der Waals surface area contributed by atoms with Crippen molar-refractivity contribution in [1.29, 1.82) is 0 Å². The van der Waals surface area contributed by atoms with E-state index < -0.39 is 57.0 Å². The largest absolute Gasteiger partial charge is 0.573 e. The number of nitrogens with one attached hydrogen (secondary N) is 2. The number of nitrogens with zero attached hydrogens (tertiary/aromatic N) is 4. The Kier molecular flexibility index (Phi) is 11.0. The minimum absolute atomic E-state index is 0.0171. The second-order valence-corrected chi connectivity index (χ2v) is 13.9. The summed E-state index contributed by atoms with van der Waals surface area (Å²) in [6.45, 7) is 5.51. The van der Waals surface area contributed by atoms with Gasteiger partial charge in [-0.25, -0.2) is 8.42 Å². The van der Waals surface area contributed by atoms with Gasteiger partial charge in [-0.15, -0.1) is 36.5 Å². The molecule has 1 fully saturated rings. The fourth-order valence-electron chi connectivity index (χ4n) is 4.59. The van der Waals surface area contributed by atoms with Crippen molar-refractivity contribution in [3.05, 3.63) is 71.9 Å². The van der Waals surface area contributed by atoms with E-state index in [1.807, 2.05) is 20.8 Å². The summed E-state index contributed by atoms with van der Waals surface area (Å²) >= 11 is 0. The summed E-state index contributed by atoms with van der Waals surface area (Å²) in [7, 11) is -4.47. The first-order chi connectivity index (χ1) is 22.7. The molecule has 4 rings (SSSR count). The number of piperazine rings is 1. The molecular formula is C30H32F6N6O6S. The van der Waals surface area contributed by atoms with Crippen LogP contribution < -0.4 is 25.0 Å². The smallest absolute Gasteiger partial charge is 0.406 e. The number of carbonyl (C=O) groups excluding carboxylic acids is 2. The third-order valence-corrected chi connectivity index (χ3v) is 8.83. The highest BCUT2D eigenvalue weighted by molar-refractivity contribution is 7.89. The molecule has 1 unspecified atom stereocenters. The number of sulfonamides is 1. The Labute approximate surface area is 277 Å². The van der Waals surface area contributed by atoms with Crippen LogP contribution in [0.5, 0.6) is 11.5 Å². The number of carbonyl (C=O) groups is 2. The third-order valence-electron chi connectivity index (χ3n) is 6.91. The molecule has 0 spiro atoms.